The fourth-order valence-corrected chi connectivity index (χ4v) is 6.85. The van der Waals surface area contributed by atoms with E-state index in [1.54, 1.807) is 0 Å². The first-order chi connectivity index (χ1) is 15.5. The van der Waals surface area contributed by atoms with Crippen LogP contribution in [0.5, 0.6) is 11.5 Å². The maximum Gasteiger partial charge on any atom is 0.139 e. The molecule has 0 aromatic heterocycles. The number of carbonyl (C=O) groups excluding carboxylic acids is 1. The van der Waals surface area contributed by atoms with Gasteiger partial charge in [-0.1, -0.05) is 30.2 Å². The Labute approximate surface area is 188 Å². The van der Waals surface area contributed by atoms with Crippen LogP contribution in [0.3, 0.4) is 0 Å². The van der Waals surface area contributed by atoms with Crippen molar-refractivity contribution in [1.29, 1.82) is 0 Å². The summed E-state index contributed by atoms with van der Waals surface area (Å²) in [6.07, 6.45) is 4.63. The molecule has 0 spiro atoms. The van der Waals surface area contributed by atoms with Crippen LogP contribution in [0.1, 0.15) is 61.1 Å². The van der Waals surface area contributed by atoms with Gasteiger partial charge in [0.05, 0.1) is 13.2 Å². The Balaban J connectivity index is 1.50. The Kier molecular flexibility index (Phi) is 5.34. The lowest BCUT2D eigenvalue weighted by atomic mass is 9.51. The highest BCUT2D eigenvalue weighted by Crippen LogP contribution is 2.64. The first kappa shape index (κ1) is 20.9. The lowest BCUT2D eigenvalue weighted by molar-refractivity contribution is -0.130. The smallest absolute Gasteiger partial charge is 0.139 e. The van der Waals surface area contributed by atoms with Crippen molar-refractivity contribution in [3.63, 3.8) is 0 Å². The number of aromatic hydroxyl groups is 1. The van der Waals surface area contributed by atoms with Crippen molar-refractivity contribution in [1.82, 2.24) is 0 Å². The first-order valence-electron chi connectivity index (χ1n) is 11.6. The summed E-state index contributed by atoms with van der Waals surface area (Å²) in [5.74, 6) is 3.06. The zero-order valence-corrected chi connectivity index (χ0v) is 18.4. The molecule has 0 bridgehead atoms. The average Bonchev–Trinajstić information content (AvgIpc) is 3.10. The summed E-state index contributed by atoms with van der Waals surface area (Å²) in [5.41, 5.74) is 12.0. The van der Waals surface area contributed by atoms with E-state index in [0.717, 1.165) is 31.4 Å². The molecule has 166 valence electrons. The maximum absolute atomic E-state index is 13.0. The van der Waals surface area contributed by atoms with Gasteiger partial charge in [0, 0.05) is 16.7 Å². The molecule has 5 rings (SSSR count). The number of aryl methyl sites for hydroxylation is 1. The van der Waals surface area contributed by atoms with Crippen LogP contribution < -0.4 is 4.74 Å². The van der Waals surface area contributed by atoms with Gasteiger partial charge in [-0.05, 0) is 95.8 Å². The molecule has 2 fully saturated rings. The van der Waals surface area contributed by atoms with Crippen LogP contribution >= 0.6 is 0 Å². The minimum Gasteiger partial charge on any atom is -0.508 e. The van der Waals surface area contributed by atoms with E-state index in [4.69, 9.17) is 10.3 Å². The third-order valence-electron chi connectivity index (χ3n) is 8.26. The van der Waals surface area contributed by atoms with Crippen molar-refractivity contribution in [3.8, 4) is 11.5 Å². The molecule has 6 heteroatoms. The number of hydrogen-bond acceptors (Lipinski definition) is 4. The second kappa shape index (κ2) is 8.18. The quantitative estimate of drug-likeness (QED) is 0.276. The summed E-state index contributed by atoms with van der Waals surface area (Å²) >= 11 is 0. The van der Waals surface area contributed by atoms with Crippen LogP contribution in [-0.4, -0.2) is 24.0 Å². The van der Waals surface area contributed by atoms with Gasteiger partial charge in [-0.3, -0.25) is 4.79 Å². The fourth-order valence-electron chi connectivity index (χ4n) is 6.85. The minimum atomic E-state index is -0.245. The van der Waals surface area contributed by atoms with Gasteiger partial charge in [0.25, 0.3) is 0 Å². The van der Waals surface area contributed by atoms with Crippen LogP contribution in [0.4, 0.5) is 0 Å². The molecule has 3 aliphatic rings. The molecule has 0 unspecified atom stereocenters. The lowest BCUT2D eigenvalue weighted by Gasteiger charge is -2.52. The van der Waals surface area contributed by atoms with Crippen molar-refractivity contribution in [3.05, 3.63) is 69.6 Å². The standard InChI is InChI=1S/C26H29N3O3/c1-26-15-22(16-2-6-19(7-3-16)32-13-12-28-29-27)25-20-9-5-18(30)14-17(20)4-8-21(25)23(26)10-11-24(26)31/h2-3,5-7,9,14,21-23,25,30H,4,8,10-13,15H2,1H3/t21-,22+,23-,25+,26-/m0/s1. The summed E-state index contributed by atoms with van der Waals surface area (Å²) in [6.45, 7) is 2.86. The number of nitrogens with zero attached hydrogens (tertiary/aromatic N) is 3. The van der Waals surface area contributed by atoms with Gasteiger partial charge in [-0.2, -0.15) is 0 Å². The lowest BCUT2D eigenvalue weighted by Crippen LogP contribution is -2.45. The van der Waals surface area contributed by atoms with Gasteiger partial charge < -0.3 is 9.84 Å². The van der Waals surface area contributed by atoms with Gasteiger partial charge in [0.1, 0.15) is 17.3 Å². The number of ether oxygens (including phenoxy) is 1. The number of carbonyl (C=O) groups is 1. The summed E-state index contributed by atoms with van der Waals surface area (Å²) in [7, 11) is 0. The molecule has 6 nitrogen and oxygen atoms in total. The van der Waals surface area contributed by atoms with E-state index in [2.05, 4.69) is 35.1 Å². The second-order valence-electron chi connectivity index (χ2n) is 9.78. The highest BCUT2D eigenvalue weighted by molar-refractivity contribution is 5.87. The van der Waals surface area contributed by atoms with Crippen molar-refractivity contribution >= 4 is 5.78 Å². The van der Waals surface area contributed by atoms with Crippen LogP contribution in [0.25, 0.3) is 10.4 Å². The van der Waals surface area contributed by atoms with E-state index in [0.29, 0.717) is 48.9 Å². The van der Waals surface area contributed by atoms with Crippen molar-refractivity contribution in [2.24, 2.45) is 22.4 Å². The van der Waals surface area contributed by atoms with E-state index in [9.17, 15) is 9.90 Å². The Morgan fingerprint density at radius 1 is 1.19 bits per heavy atom. The van der Waals surface area contributed by atoms with Crippen LogP contribution in [-0.2, 0) is 11.2 Å². The van der Waals surface area contributed by atoms with Crippen LogP contribution in [0.2, 0.25) is 0 Å². The molecule has 2 aromatic rings. The number of Topliss-reactive ketones (excluding diaryl/α,β-unsaturated/α-hetero) is 1. The highest BCUT2D eigenvalue weighted by atomic mass is 16.5. The molecule has 1 N–H and O–H groups in total. The van der Waals surface area contributed by atoms with E-state index in [1.165, 1.54) is 16.7 Å². The number of phenols is 1. The SMILES string of the molecule is C[C@]12C[C@H](c3ccc(OCCN=[N+]=[N-])cc3)[C@@H]3c4ccc(O)cc4CC[C@H]3[C@@H]1CCC2=O. The molecule has 0 radical (unpaired) electrons. The van der Waals surface area contributed by atoms with Gasteiger partial charge in [0.15, 0.2) is 0 Å². The fraction of sp³-hybridized carbons (Fsp3) is 0.500. The predicted molar refractivity (Wildman–Crippen MR) is 122 cm³/mol. The van der Waals surface area contributed by atoms with Crippen molar-refractivity contribution in [2.75, 3.05) is 13.2 Å². The molecule has 2 saturated carbocycles. The largest absolute Gasteiger partial charge is 0.508 e. The third kappa shape index (κ3) is 3.43. The Morgan fingerprint density at radius 2 is 2.00 bits per heavy atom. The summed E-state index contributed by atoms with van der Waals surface area (Å²) in [6, 6.07) is 14.1. The number of rotatable bonds is 5. The summed E-state index contributed by atoms with van der Waals surface area (Å²) < 4.78 is 5.69. The average molecular weight is 432 g/mol. The molecule has 5 atom stereocenters. The summed E-state index contributed by atoms with van der Waals surface area (Å²) in [4.78, 5) is 15.8. The van der Waals surface area contributed by atoms with E-state index in [1.807, 2.05) is 24.3 Å². The normalized spacial score (nSPS) is 30.6. The van der Waals surface area contributed by atoms with Crippen molar-refractivity contribution in [2.45, 2.75) is 50.9 Å². The number of hydrogen-bond donors (Lipinski definition) is 1. The molecule has 32 heavy (non-hydrogen) atoms. The molecule has 3 aliphatic carbocycles. The number of azide groups is 1. The molecule has 2 aromatic carbocycles. The third-order valence-corrected chi connectivity index (χ3v) is 8.26. The van der Waals surface area contributed by atoms with Crippen molar-refractivity contribution < 1.29 is 14.6 Å². The van der Waals surface area contributed by atoms with E-state index >= 15 is 0 Å². The maximum atomic E-state index is 13.0. The highest BCUT2D eigenvalue weighted by Gasteiger charge is 2.57. The topological polar surface area (TPSA) is 95.3 Å². The number of phenolic OH excluding ortho intramolecular Hbond substituents is 1. The van der Waals surface area contributed by atoms with E-state index < -0.39 is 0 Å². The van der Waals surface area contributed by atoms with Gasteiger partial charge >= 0.3 is 0 Å². The Hall–Kier alpha value is -2.98. The minimum absolute atomic E-state index is 0.245. The summed E-state index contributed by atoms with van der Waals surface area (Å²) in [5, 5.41) is 13.5. The zero-order valence-electron chi connectivity index (χ0n) is 18.4. The Bertz CT molecular complexity index is 1080. The van der Waals surface area contributed by atoms with Crippen LogP contribution in [0, 0.1) is 17.3 Å². The molecule has 0 saturated heterocycles. The monoisotopic (exact) mass is 431 g/mol. The van der Waals surface area contributed by atoms with Gasteiger partial charge in [-0.15, -0.1) is 0 Å². The van der Waals surface area contributed by atoms with Crippen LogP contribution in [0.15, 0.2) is 47.6 Å². The number of ketones is 1. The second-order valence-corrected chi connectivity index (χ2v) is 9.78. The molecule has 0 aliphatic heterocycles. The number of benzene rings is 2. The zero-order chi connectivity index (χ0) is 22.3. The molecular weight excluding hydrogens is 402 g/mol. The molecular formula is C26H29N3O3. The molecule has 0 heterocycles. The molecule has 0 amide bonds. The first-order valence-corrected chi connectivity index (χ1v) is 11.6. The van der Waals surface area contributed by atoms with E-state index in [-0.39, 0.29) is 11.3 Å². The number of fused-ring (bicyclic) bond motifs is 5. The predicted octanol–water partition coefficient (Wildman–Crippen LogP) is 5.90. The van der Waals surface area contributed by atoms with Gasteiger partial charge in [-0.25, -0.2) is 0 Å². The van der Waals surface area contributed by atoms with Gasteiger partial charge in [0.2, 0.25) is 0 Å². The Morgan fingerprint density at radius 3 is 2.78 bits per heavy atom.